The first kappa shape index (κ1) is 16.5. The number of aliphatic carboxylic acids is 1. The summed E-state index contributed by atoms with van der Waals surface area (Å²) in [5.74, 6) is -0.177. The number of rotatable bonds is 7. The third-order valence-corrected chi connectivity index (χ3v) is 5.53. The van der Waals surface area contributed by atoms with Gasteiger partial charge in [-0.25, -0.2) is 0 Å². The lowest BCUT2D eigenvalue weighted by molar-refractivity contribution is -0.137. The van der Waals surface area contributed by atoms with Crippen molar-refractivity contribution in [2.45, 2.75) is 38.5 Å². The van der Waals surface area contributed by atoms with Crippen molar-refractivity contribution in [1.29, 1.82) is 0 Å². The number of amides is 1. The molecule has 4 nitrogen and oxygen atoms in total. The van der Waals surface area contributed by atoms with Crippen LogP contribution in [0.3, 0.4) is 0 Å². The molecule has 1 unspecified atom stereocenters. The Kier molecular flexibility index (Phi) is 6.23. The van der Waals surface area contributed by atoms with E-state index in [9.17, 15) is 9.59 Å². The maximum atomic E-state index is 12.1. The molecule has 1 aliphatic heterocycles. The lowest BCUT2D eigenvalue weighted by Gasteiger charge is -2.16. The fraction of sp³-hybridized carbons (Fsp3) is 0.600. The number of carbonyl (C=O) groups is 2. The molecule has 1 aromatic heterocycles. The molecule has 0 bridgehead atoms. The predicted molar refractivity (Wildman–Crippen MR) is 86.5 cm³/mol. The zero-order valence-corrected chi connectivity index (χ0v) is 14.3. The summed E-state index contributed by atoms with van der Waals surface area (Å²) in [6.07, 6.45) is 4.24. The number of carboxylic acid groups (broad SMARTS) is 1. The monoisotopic (exact) mass is 373 g/mol. The van der Waals surface area contributed by atoms with Gasteiger partial charge in [-0.2, -0.15) is 0 Å². The van der Waals surface area contributed by atoms with Crippen molar-refractivity contribution in [2.75, 3.05) is 13.1 Å². The van der Waals surface area contributed by atoms with Crippen molar-refractivity contribution in [1.82, 2.24) is 4.90 Å². The van der Waals surface area contributed by atoms with Gasteiger partial charge in [0.25, 0.3) is 0 Å². The van der Waals surface area contributed by atoms with Crippen molar-refractivity contribution < 1.29 is 14.7 Å². The summed E-state index contributed by atoms with van der Waals surface area (Å²) < 4.78 is 1.13. The molecular formula is C15H20BrNO3S. The normalized spacial score (nSPS) is 18.1. The minimum Gasteiger partial charge on any atom is -0.481 e. The molecule has 2 heterocycles. The average molecular weight is 374 g/mol. The Labute approximate surface area is 137 Å². The van der Waals surface area contributed by atoms with Crippen LogP contribution in [0.25, 0.3) is 0 Å². The Bertz CT molecular complexity index is 503. The zero-order chi connectivity index (χ0) is 15.2. The highest BCUT2D eigenvalue weighted by atomic mass is 79.9. The summed E-state index contributed by atoms with van der Waals surface area (Å²) in [4.78, 5) is 25.9. The van der Waals surface area contributed by atoms with Crippen LogP contribution in [-0.2, 0) is 16.0 Å². The summed E-state index contributed by atoms with van der Waals surface area (Å²) in [6.45, 7) is 1.52. The number of carboxylic acids is 1. The van der Waals surface area contributed by atoms with E-state index in [1.54, 1.807) is 11.3 Å². The number of hydrogen-bond acceptors (Lipinski definition) is 3. The fourth-order valence-corrected chi connectivity index (χ4v) is 4.21. The van der Waals surface area contributed by atoms with Crippen LogP contribution in [0.1, 0.15) is 37.0 Å². The molecule has 1 atom stereocenters. The van der Waals surface area contributed by atoms with Gasteiger partial charge >= 0.3 is 5.97 Å². The molecule has 1 aromatic rings. The Balaban J connectivity index is 1.66. The number of hydrogen-bond donors (Lipinski definition) is 1. The fourth-order valence-electron chi connectivity index (χ4n) is 2.68. The summed E-state index contributed by atoms with van der Waals surface area (Å²) in [7, 11) is 0. The van der Waals surface area contributed by atoms with Gasteiger partial charge in [0.15, 0.2) is 0 Å². The largest absolute Gasteiger partial charge is 0.481 e. The molecule has 21 heavy (non-hydrogen) atoms. The third kappa shape index (κ3) is 5.43. The van der Waals surface area contributed by atoms with E-state index in [1.807, 2.05) is 11.0 Å². The summed E-state index contributed by atoms with van der Waals surface area (Å²) in [5.41, 5.74) is 0. The van der Waals surface area contributed by atoms with E-state index in [0.29, 0.717) is 18.8 Å². The first-order valence-corrected chi connectivity index (χ1v) is 8.89. The Morgan fingerprint density at radius 2 is 2.19 bits per heavy atom. The molecule has 1 N–H and O–H groups in total. The molecule has 6 heteroatoms. The third-order valence-electron chi connectivity index (χ3n) is 3.85. The quantitative estimate of drug-likeness (QED) is 0.794. The molecule has 1 fully saturated rings. The van der Waals surface area contributed by atoms with E-state index in [0.717, 1.165) is 36.1 Å². The van der Waals surface area contributed by atoms with Gasteiger partial charge < -0.3 is 10.0 Å². The van der Waals surface area contributed by atoms with Crippen LogP contribution >= 0.6 is 27.3 Å². The molecule has 2 rings (SSSR count). The number of thiophene rings is 1. The van der Waals surface area contributed by atoms with E-state index >= 15 is 0 Å². The zero-order valence-electron chi connectivity index (χ0n) is 11.9. The van der Waals surface area contributed by atoms with Crippen LogP contribution in [0.2, 0.25) is 0 Å². The van der Waals surface area contributed by atoms with Crippen molar-refractivity contribution in [2.24, 2.45) is 5.92 Å². The summed E-state index contributed by atoms with van der Waals surface area (Å²) in [5, 5.41) is 8.69. The topological polar surface area (TPSA) is 57.6 Å². The lowest BCUT2D eigenvalue weighted by atomic mass is 10.0. The highest BCUT2D eigenvalue weighted by Gasteiger charge is 2.25. The average Bonchev–Trinajstić information content (AvgIpc) is 3.05. The van der Waals surface area contributed by atoms with Crippen LogP contribution in [0.15, 0.2) is 15.9 Å². The Morgan fingerprint density at radius 1 is 1.38 bits per heavy atom. The van der Waals surface area contributed by atoms with E-state index < -0.39 is 5.97 Å². The van der Waals surface area contributed by atoms with E-state index in [-0.39, 0.29) is 12.3 Å². The Hall–Kier alpha value is -0.880. The van der Waals surface area contributed by atoms with Crippen molar-refractivity contribution in [3.8, 4) is 0 Å². The molecule has 0 saturated carbocycles. The van der Waals surface area contributed by atoms with Crippen LogP contribution in [0.5, 0.6) is 0 Å². The molecule has 0 aromatic carbocycles. The lowest BCUT2D eigenvalue weighted by Crippen LogP contribution is -2.28. The number of halogens is 1. The molecule has 0 spiro atoms. The van der Waals surface area contributed by atoms with Gasteiger partial charge in [-0.1, -0.05) is 0 Å². The highest BCUT2D eigenvalue weighted by Crippen LogP contribution is 2.24. The van der Waals surface area contributed by atoms with Gasteiger partial charge in [-0.15, -0.1) is 11.3 Å². The van der Waals surface area contributed by atoms with E-state index in [4.69, 9.17) is 5.11 Å². The van der Waals surface area contributed by atoms with E-state index in [1.165, 1.54) is 4.88 Å². The van der Waals surface area contributed by atoms with Gasteiger partial charge in [0.2, 0.25) is 5.91 Å². The second kappa shape index (κ2) is 7.94. The summed E-state index contributed by atoms with van der Waals surface area (Å²) in [6, 6.07) is 4.13. The van der Waals surface area contributed by atoms with Crippen molar-refractivity contribution in [3.63, 3.8) is 0 Å². The van der Waals surface area contributed by atoms with Crippen LogP contribution < -0.4 is 0 Å². The van der Waals surface area contributed by atoms with Crippen molar-refractivity contribution >= 4 is 39.1 Å². The van der Waals surface area contributed by atoms with Crippen molar-refractivity contribution in [3.05, 3.63) is 20.8 Å². The second-order valence-corrected chi connectivity index (χ2v) is 8.03. The number of carbonyl (C=O) groups excluding carboxylic acids is 1. The minimum absolute atomic E-state index is 0.208. The maximum absolute atomic E-state index is 12.1. The first-order valence-electron chi connectivity index (χ1n) is 7.28. The summed E-state index contributed by atoms with van der Waals surface area (Å²) >= 11 is 5.16. The van der Waals surface area contributed by atoms with Gasteiger partial charge in [-0.05, 0) is 59.7 Å². The molecular weight excluding hydrogens is 354 g/mol. The van der Waals surface area contributed by atoms with Gasteiger partial charge in [-0.3, -0.25) is 9.59 Å². The molecule has 1 amide bonds. The van der Waals surface area contributed by atoms with Crippen LogP contribution in [0.4, 0.5) is 0 Å². The molecule has 116 valence electrons. The number of nitrogens with zero attached hydrogens (tertiary/aromatic N) is 1. The molecule has 0 aliphatic carbocycles. The van der Waals surface area contributed by atoms with Gasteiger partial charge in [0.05, 0.1) is 3.79 Å². The SMILES string of the molecule is O=C(O)CCC1CCN(C(=O)CCCc2ccc(Br)s2)C1. The van der Waals surface area contributed by atoms with Gasteiger partial charge in [0.1, 0.15) is 0 Å². The maximum Gasteiger partial charge on any atom is 0.303 e. The minimum atomic E-state index is -0.748. The van der Waals surface area contributed by atoms with Crippen LogP contribution in [0, 0.1) is 5.92 Å². The van der Waals surface area contributed by atoms with Crippen LogP contribution in [-0.4, -0.2) is 35.0 Å². The standard InChI is InChI=1S/C15H20BrNO3S/c16-13-6-5-12(21-13)2-1-3-14(18)17-9-8-11(10-17)4-7-15(19)20/h5-6,11H,1-4,7-10H2,(H,19,20). The molecule has 0 radical (unpaired) electrons. The van der Waals surface area contributed by atoms with E-state index in [2.05, 4.69) is 22.0 Å². The highest BCUT2D eigenvalue weighted by molar-refractivity contribution is 9.11. The Morgan fingerprint density at radius 3 is 2.86 bits per heavy atom. The number of aryl methyl sites for hydroxylation is 1. The first-order chi connectivity index (χ1) is 10.0. The predicted octanol–water partition coefficient (Wildman–Crippen LogP) is 3.55. The molecule has 1 aliphatic rings. The second-order valence-electron chi connectivity index (χ2n) is 5.49. The smallest absolute Gasteiger partial charge is 0.303 e. The number of likely N-dealkylation sites (tertiary alicyclic amines) is 1. The van der Waals surface area contributed by atoms with Gasteiger partial charge in [0, 0.05) is 30.8 Å². The molecule has 1 saturated heterocycles.